The number of likely N-dealkylation sites (tertiary alicyclic amines) is 1. The third kappa shape index (κ3) is 3.44. The third-order valence-electron chi connectivity index (χ3n) is 3.96. The van der Waals surface area contributed by atoms with E-state index in [4.69, 9.17) is 0 Å². The van der Waals surface area contributed by atoms with Crippen molar-refractivity contribution < 1.29 is 0 Å². The molecule has 3 rings (SSSR count). The Morgan fingerprint density at radius 1 is 1.38 bits per heavy atom. The number of nitrogens with zero attached hydrogens (tertiary/aromatic N) is 5. The van der Waals surface area contributed by atoms with Crippen molar-refractivity contribution in [2.24, 2.45) is 0 Å². The van der Waals surface area contributed by atoms with Crippen molar-refractivity contribution in [3.8, 4) is 0 Å². The fraction of sp³-hybridized carbons (Fsp3) is 0.600. The molecule has 0 radical (unpaired) electrons. The second-order valence-electron chi connectivity index (χ2n) is 6.01. The quantitative estimate of drug-likeness (QED) is 0.932. The summed E-state index contributed by atoms with van der Waals surface area (Å²) in [7, 11) is 0. The molecule has 1 saturated heterocycles. The van der Waals surface area contributed by atoms with Gasteiger partial charge in [0, 0.05) is 31.1 Å². The number of aromatic amines is 1. The molecule has 0 bridgehead atoms. The van der Waals surface area contributed by atoms with Crippen LogP contribution in [0.25, 0.3) is 0 Å². The number of aromatic nitrogens is 5. The molecule has 3 heterocycles. The van der Waals surface area contributed by atoms with Crippen LogP contribution in [0.5, 0.6) is 0 Å². The molecule has 0 saturated carbocycles. The van der Waals surface area contributed by atoms with Gasteiger partial charge in [-0.05, 0) is 25.5 Å². The Labute approximate surface area is 125 Å². The topological polar surface area (TPSA) is 70.6 Å². The van der Waals surface area contributed by atoms with Crippen molar-refractivity contribution in [3.05, 3.63) is 35.9 Å². The summed E-state index contributed by atoms with van der Waals surface area (Å²) in [6, 6.07) is 2.02. The molecule has 112 valence electrons. The molecule has 6 heteroatoms. The molecule has 0 amide bonds. The first-order chi connectivity index (χ1) is 10.2. The number of hydrogen-bond donors (Lipinski definition) is 1. The summed E-state index contributed by atoms with van der Waals surface area (Å²) in [5.41, 5.74) is 1.10. The molecule has 0 aromatic carbocycles. The minimum absolute atomic E-state index is 0.369. The van der Waals surface area contributed by atoms with Crippen LogP contribution in [0.4, 0.5) is 0 Å². The Kier molecular flexibility index (Phi) is 4.24. The van der Waals surface area contributed by atoms with Crippen LogP contribution < -0.4 is 0 Å². The van der Waals surface area contributed by atoms with Gasteiger partial charge >= 0.3 is 0 Å². The van der Waals surface area contributed by atoms with Gasteiger partial charge in [0.15, 0.2) is 0 Å². The highest BCUT2D eigenvalue weighted by molar-refractivity contribution is 5.06. The summed E-state index contributed by atoms with van der Waals surface area (Å²) < 4.78 is 0. The molecule has 1 atom stereocenters. The van der Waals surface area contributed by atoms with Crippen LogP contribution in [-0.4, -0.2) is 43.1 Å². The van der Waals surface area contributed by atoms with Gasteiger partial charge in [0.1, 0.15) is 18.0 Å². The lowest BCUT2D eigenvalue weighted by molar-refractivity contribution is 0.194. The summed E-state index contributed by atoms with van der Waals surface area (Å²) in [5.74, 6) is 2.75. The average molecular weight is 286 g/mol. The molecule has 1 N–H and O–H groups in total. The maximum Gasteiger partial charge on any atom is 0.137 e. The van der Waals surface area contributed by atoms with Gasteiger partial charge in [-0.3, -0.25) is 10.00 Å². The summed E-state index contributed by atoms with van der Waals surface area (Å²) in [5, 5.41) is 6.96. The Hall–Kier alpha value is -1.82. The van der Waals surface area contributed by atoms with E-state index in [1.807, 2.05) is 12.3 Å². The minimum Gasteiger partial charge on any atom is -0.297 e. The van der Waals surface area contributed by atoms with E-state index in [0.29, 0.717) is 11.8 Å². The zero-order valence-electron chi connectivity index (χ0n) is 12.7. The molecule has 6 nitrogen and oxygen atoms in total. The van der Waals surface area contributed by atoms with Crippen LogP contribution in [0.15, 0.2) is 18.6 Å². The molecule has 21 heavy (non-hydrogen) atoms. The zero-order chi connectivity index (χ0) is 14.7. The van der Waals surface area contributed by atoms with E-state index in [2.05, 4.69) is 43.9 Å². The SMILES string of the molecule is CC(C)c1nccc(CN2CCCC(c3ncn[nH]3)C2)n1. The molecular formula is C15H22N6. The van der Waals surface area contributed by atoms with Gasteiger partial charge in [-0.1, -0.05) is 13.8 Å². The summed E-state index contributed by atoms with van der Waals surface area (Å²) in [6.45, 7) is 7.26. The molecule has 2 aromatic heterocycles. The average Bonchev–Trinajstić information content (AvgIpc) is 3.02. The van der Waals surface area contributed by atoms with Gasteiger partial charge in [-0.25, -0.2) is 15.0 Å². The second kappa shape index (κ2) is 6.30. The fourth-order valence-corrected chi connectivity index (χ4v) is 2.84. The van der Waals surface area contributed by atoms with Crippen molar-refractivity contribution in [2.45, 2.75) is 45.1 Å². The molecule has 1 aliphatic rings. The zero-order valence-corrected chi connectivity index (χ0v) is 12.7. The summed E-state index contributed by atoms with van der Waals surface area (Å²) >= 11 is 0. The first kappa shape index (κ1) is 14.1. The maximum absolute atomic E-state index is 4.67. The standard InChI is InChI=1S/C15H22N6/c1-11(2)14-16-6-5-13(19-14)9-21-7-3-4-12(8-21)15-17-10-18-20-15/h5-6,10-12H,3-4,7-9H2,1-2H3,(H,17,18,20). The number of H-pyrrole nitrogens is 1. The second-order valence-corrected chi connectivity index (χ2v) is 6.01. The number of hydrogen-bond acceptors (Lipinski definition) is 5. The predicted octanol–water partition coefficient (Wildman–Crippen LogP) is 2.10. The van der Waals surface area contributed by atoms with E-state index in [1.54, 1.807) is 6.33 Å². The lowest BCUT2D eigenvalue weighted by Crippen LogP contribution is -2.34. The molecule has 1 aliphatic heterocycles. The van der Waals surface area contributed by atoms with E-state index >= 15 is 0 Å². The maximum atomic E-state index is 4.67. The molecular weight excluding hydrogens is 264 g/mol. The van der Waals surface area contributed by atoms with Crippen LogP contribution >= 0.6 is 0 Å². The summed E-state index contributed by atoms with van der Waals surface area (Å²) in [4.78, 5) is 15.7. The lowest BCUT2D eigenvalue weighted by Gasteiger charge is -2.31. The van der Waals surface area contributed by atoms with Gasteiger partial charge in [-0.2, -0.15) is 5.10 Å². The van der Waals surface area contributed by atoms with Crippen molar-refractivity contribution >= 4 is 0 Å². The van der Waals surface area contributed by atoms with Crippen LogP contribution in [0.3, 0.4) is 0 Å². The monoisotopic (exact) mass is 286 g/mol. The summed E-state index contributed by atoms with van der Waals surface area (Å²) in [6.07, 6.45) is 5.82. The smallest absolute Gasteiger partial charge is 0.137 e. The van der Waals surface area contributed by atoms with Gasteiger partial charge < -0.3 is 0 Å². The predicted molar refractivity (Wildman–Crippen MR) is 79.8 cm³/mol. The van der Waals surface area contributed by atoms with Gasteiger partial charge in [0.2, 0.25) is 0 Å². The van der Waals surface area contributed by atoms with Crippen LogP contribution in [0, 0.1) is 0 Å². The van der Waals surface area contributed by atoms with Crippen molar-refractivity contribution in [2.75, 3.05) is 13.1 Å². The van der Waals surface area contributed by atoms with E-state index in [0.717, 1.165) is 37.0 Å². The number of nitrogens with one attached hydrogen (secondary N) is 1. The Balaban J connectivity index is 1.66. The van der Waals surface area contributed by atoms with E-state index in [9.17, 15) is 0 Å². The lowest BCUT2D eigenvalue weighted by atomic mass is 9.97. The van der Waals surface area contributed by atoms with Crippen LogP contribution in [0.1, 0.15) is 55.9 Å². The molecule has 2 aromatic rings. The Bertz CT molecular complexity index is 565. The normalized spacial score (nSPS) is 20.0. The fourth-order valence-electron chi connectivity index (χ4n) is 2.84. The van der Waals surface area contributed by atoms with Crippen LogP contribution in [-0.2, 0) is 6.54 Å². The molecule has 1 fully saturated rings. The highest BCUT2D eigenvalue weighted by atomic mass is 15.2. The molecule has 0 aliphatic carbocycles. The first-order valence-electron chi connectivity index (χ1n) is 7.62. The van der Waals surface area contributed by atoms with E-state index in [-0.39, 0.29) is 0 Å². The number of piperidine rings is 1. The van der Waals surface area contributed by atoms with Gasteiger partial charge in [0.25, 0.3) is 0 Å². The van der Waals surface area contributed by atoms with Crippen molar-refractivity contribution in [3.63, 3.8) is 0 Å². The van der Waals surface area contributed by atoms with Gasteiger partial charge in [0.05, 0.1) is 5.69 Å². The molecule has 0 spiro atoms. The largest absolute Gasteiger partial charge is 0.297 e. The highest BCUT2D eigenvalue weighted by Gasteiger charge is 2.23. The minimum atomic E-state index is 0.369. The Morgan fingerprint density at radius 3 is 3.05 bits per heavy atom. The van der Waals surface area contributed by atoms with Crippen molar-refractivity contribution in [1.29, 1.82) is 0 Å². The third-order valence-corrected chi connectivity index (χ3v) is 3.96. The Morgan fingerprint density at radius 2 is 2.29 bits per heavy atom. The molecule has 1 unspecified atom stereocenters. The number of rotatable bonds is 4. The van der Waals surface area contributed by atoms with Crippen molar-refractivity contribution in [1.82, 2.24) is 30.0 Å². The van der Waals surface area contributed by atoms with E-state index < -0.39 is 0 Å². The van der Waals surface area contributed by atoms with Gasteiger partial charge in [-0.15, -0.1) is 0 Å². The highest BCUT2D eigenvalue weighted by Crippen LogP contribution is 2.24. The van der Waals surface area contributed by atoms with Crippen LogP contribution in [0.2, 0.25) is 0 Å². The van der Waals surface area contributed by atoms with E-state index in [1.165, 1.54) is 12.8 Å². The first-order valence-corrected chi connectivity index (χ1v) is 7.62.